The molecule has 2 aliphatic heterocycles. The summed E-state index contributed by atoms with van der Waals surface area (Å²) in [6, 6.07) is 0.442. The molecule has 19 heavy (non-hydrogen) atoms. The highest BCUT2D eigenvalue weighted by Gasteiger charge is 2.26. The van der Waals surface area contributed by atoms with E-state index in [9.17, 15) is 0 Å². The van der Waals surface area contributed by atoms with Gasteiger partial charge in [-0.3, -0.25) is 4.68 Å². The summed E-state index contributed by atoms with van der Waals surface area (Å²) in [5, 5.41) is 8.33. The van der Waals surface area contributed by atoms with Gasteiger partial charge in [0, 0.05) is 30.3 Å². The summed E-state index contributed by atoms with van der Waals surface area (Å²) in [7, 11) is 0. The lowest BCUT2D eigenvalue weighted by Crippen LogP contribution is -2.29. The van der Waals surface area contributed by atoms with Crippen molar-refractivity contribution in [2.24, 2.45) is 0 Å². The number of aromatic nitrogens is 2. The third kappa shape index (κ3) is 2.56. The summed E-state index contributed by atoms with van der Waals surface area (Å²) in [5.41, 5.74) is 4.07. The van der Waals surface area contributed by atoms with Gasteiger partial charge in [0.1, 0.15) is 0 Å². The quantitative estimate of drug-likeness (QED) is 0.890. The van der Waals surface area contributed by atoms with E-state index in [4.69, 9.17) is 9.84 Å². The minimum atomic E-state index is 0.442. The fourth-order valence-electron chi connectivity index (χ4n) is 3.64. The first-order chi connectivity index (χ1) is 9.27. The van der Waals surface area contributed by atoms with Crippen molar-refractivity contribution in [3.63, 3.8) is 0 Å². The maximum atomic E-state index is 5.61. The Labute approximate surface area is 115 Å². The van der Waals surface area contributed by atoms with Gasteiger partial charge in [-0.05, 0) is 46.1 Å². The summed E-state index contributed by atoms with van der Waals surface area (Å²) < 4.78 is 7.85. The molecule has 0 radical (unpaired) electrons. The van der Waals surface area contributed by atoms with Crippen molar-refractivity contribution >= 4 is 0 Å². The summed E-state index contributed by atoms with van der Waals surface area (Å²) in [6.45, 7) is 8.41. The fourth-order valence-corrected chi connectivity index (χ4v) is 3.64. The van der Waals surface area contributed by atoms with Gasteiger partial charge in [-0.2, -0.15) is 5.10 Å². The zero-order valence-electron chi connectivity index (χ0n) is 12.1. The van der Waals surface area contributed by atoms with Crippen molar-refractivity contribution in [2.75, 3.05) is 26.3 Å². The van der Waals surface area contributed by atoms with Crippen LogP contribution in [0.3, 0.4) is 0 Å². The first kappa shape index (κ1) is 13.1. The number of hydrogen-bond donors (Lipinski definition) is 1. The summed E-state index contributed by atoms with van der Waals surface area (Å²) in [4.78, 5) is 0. The van der Waals surface area contributed by atoms with E-state index < -0.39 is 0 Å². The van der Waals surface area contributed by atoms with E-state index >= 15 is 0 Å². The molecule has 0 aliphatic carbocycles. The highest BCUT2D eigenvalue weighted by atomic mass is 16.5. The van der Waals surface area contributed by atoms with Crippen LogP contribution >= 0.6 is 0 Å². The van der Waals surface area contributed by atoms with E-state index in [1.165, 1.54) is 42.8 Å². The van der Waals surface area contributed by atoms with Gasteiger partial charge >= 0.3 is 0 Å². The smallest absolute Gasteiger partial charge is 0.0756 e. The highest BCUT2D eigenvalue weighted by Crippen LogP contribution is 2.31. The van der Waals surface area contributed by atoms with Crippen LogP contribution in [0.25, 0.3) is 0 Å². The molecule has 2 saturated heterocycles. The Morgan fingerprint density at radius 1 is 1.26 bits per heavy atom. The molecule has 3 heterocycles. The van der Waals surface area contributed by atoms with Crippen molar-refractivity contribution in [3.05, 3.63) is 17.0 Å². The van der Waals surface area contributed by atoms with Crippen molar-refractivity contribution in [3.8, 4) is 0 Å². The van der Waals surface area contributed by atoms with E-state index in [0.29, 0.717) is 12.0 Å². The van der Waals surface area contributed by atoms with E-state index in [1.54, 1.807) is 0 Å². The van der Waals surface area contributed by atoms with Crippen LogP contribution in [0.5, 0.6) is 0 Å². The minimum absolute atomic E-state index is 0.442. The maximum absolute atomic E-state index is 5.61. The summed E-state index contributed by atoms with van der Waals surface area (Å²) >= 11 is 0. The van der Waals surface area contributed by atoms with Crippen molar-refractivity contribution in [2.45, 2.75) is 51.5 Å². The Balaban J connectivity index is 1.86. The Kier molecular flexibility index (Phi) is 3.89. The largest absolute Gasteiger partial charge is 0.379 e. The Morgan fingerprint density at radius 3 is 2.84 bits per heavy atom. The predicted molar refractivity (Wildman–Crippen MR) is 75.6 cm³/mol. The summed E-state index contributed by atoms with van der Waals surface area (Å²) in [6.07, 6.45) is 4.93. The van der Waals surface area contributed by atoms with Crippen LogP contribution in [0.2, 0.25) is 0 Å². The molecule has 0 amide bonds. The van der Waals surface area contributed by atoms with E-state index in [1.807, 2.05) is 0 Å². The molecule has 3 rings (SSSR count). The second kappa shape index (κ2) is 5.63. The molecule has 0 saturated carbocycles. The van der Waals surface area contributed by atoms with Crippen LogP contribution in [-0.4, -0.2) is 36.1 Å². The number of ether oxygens (including phenoxy) is 1. The zero-order chi connectivity index (χ0) is 13.2. The van der Waals surface area contributed by atoms with Crippen molar-refractivity contribution in [1.29, 1.82) is 0 Å². The van der Waals surface area contributed by atoms with Crippen molar-refractivity contribution < 1.29 is 4.74 Å². The molecule has 0 bridgehead atoms. The SMILES string of the molecule is Cc1nn(C2CCCOC2)c(C)c1C1CCCNC1. The number of nitrogens with zero attached hydrogens (tertiary/aromatic N) is 2. The monoisotopic (exact) mass is 263 g/mol. The number of rotatable bonds is 2. The number of aryl methyl sites for hydroxylation is 1. The molecule has 2 aliphatic rings. The van der Waals surface area contributed by atoms with E-state index in [0.717, 1.165) is 26.2 Å². The third-order valence-corrected chi connectivity index (χ3v) is 4.57. The maximum Gasteiger partial charge on any atom is 0.0756 e. The molecule has 0 spiro atoms. The molecule has 2 unspecified atom stereocenters. The average Bonchev–Trinajstić information content (AvgIpc) is 2.76. The first-order valence-corrected chi connectivity index (χ1v) is 7.61. The molecule has 2 atom stereocenters. The second-order valence-corrected chi connectivity index (χ2v) is 5.94. The van der Waals surface area contributed by atoms with Crippen LogP contribution in [0.15, 0.2) is 0 Å². The molecule has 106 valence electrons. The van der Waals surface area contributed by atoms with E-state index in [2.05, 4.69) is 23.8 Å². The van der Waals surface area contributed by atoms with Crippen LogP contribution in [0, 0.1) is 13.8 Å². The lowest BCUT2D eigenvalue weighted by Gasteiger charge is -2.25. The van der Waals surface area contributed by atoms with Crippen molar-refractivity contribution in [1.82, 2.24) is 15.1 Å². The molecular weight excluding hydrogens is 238 g/mol. The van der Waals surface area contributed by atoms with Crippen LogP contribution in [0.4, 0.5) is 0 Å². The van der Waals surface area contributed by atoms with Crippen LogP contribution in [-0.2, 0) is 4.74 Å². The van der Waals surface area contributed by atoms with Gasteiger partial charge in [0.15, 0.2) is 0 Å². The average molecular weight is 263 g/mol. The minimum Gasteiger partial charge on any atom is -0.379 e. The number of nitrogens with one attached hydrogen (secondary N) is 1. The Hall–Kier alpha value is -0.870. The van der Waals surface area contributed by atoms with Gasteiger partial charge in [-0.15, -0.1) is 0 Å². The second-order valence-electron chi connectivity index (χ2n) is 5.94. The van der Waals surface area contributed by atoms with Crippen LogP contribution in [0.1, 0.15) is 54.6 Å². The lowest BCUT2D eigenvalue weighted by atomic mass is 9.90. The molecule has 2 fully saturated rings. The highest BCUT2D eigenvalue weighted by molar-refractivity contribution is 5.30. The van der Waals surface area contributed by atoms with Crippen LogP contribution < -0.4 is 5.32 Å². The molecule has 4 heteroatoms. The predicted octanol–water partition coefficient (Wildman–Crippen LogP) is 2.32. The van der Waals surface area contributed by atoms with Gasteiger partial charge in [-0.1, -0.05) is 0 Å². The van der Waals surface area contributed by atoms with Gasteiger partial charge in [-0.25, -0.2) is 0 Å². The standard InChI is InChI=1S/C15H25N3O/c1-11-15(13-5-3-7-16-9-13)12(2)18(17-11)14-6-4-8-19-10-14/h13-14,16H,3-10H2,1-2H3. The first-order valence-electron chi connectivity index (χ1n) is 7.61. The van der Waals surface area contributed by atoms with Gasteiger partial charge in [0.05, 0.1) is 18.3 Å². The normalized spacial score (nSPS) is 28.5. The van der Waals surface area contributed by atoms with Gasteiger partial charge in [0.2, 0.25) is 0 Å². The molecular formula is C15H25N3O. The molecule has 1 aromatic heterocycles. The number of hydrogen-bond acceptors (Lipinski definition) is 3. The fraction of sp³-hybridized carbons (Fsp3) is 0.800. The molecule has 1 aromatic rings. The molecule has 4 nitrogen and oxygen atoms in total. The Bertz CT molecular complexity index is 429. The zero-order valence-corrected chi connectivity index (χ0v) is 12.1. The molecule has 0 aromatic carbocycles. The van der Waals surface area contributed by atoms with Gasteiger partial charge in [0.25, 0.3) is 0 Å². The summed E-state index contributed by atoms with van der Waals surface area (Å²) in [5.74, 6) is 0.645. The molecule has 1 N–H and O–H groups in total. The number of piperidine rings is 1. The Morgan fingerprint density at radius 2 is 2.16 bits per heavy atom. The topological polar surface area (TPSA) is 39.1 Å². The van der Waals surface area contributed by atoms with Gasteiger partial charge < -0.3 is 10.1 Å². The lowest BCUT2D eigenvalue weighted by molar-refractivity contribution is 0.0540. The third-order valence-electron chi connectivity index (χ3n) is 4.57. The van der Waals surface area contributed by atoms with E-state index in [-0.39, 0.29) is 0 Å².